The van der Waals surface area contributed by atoms with Gasteiger partial charge in [0.15, 0.2) is 0 Å². The first-order valence-corrected chi connectivity index (χ1v) is 12.4. The van der Waals surface area contributed by atoms with E-state index in [2.05, 4.69) is 5.32 Å². The molecule has 9 heteroatoms. The Morgan fingerprint density at radius 1 is 1.03 bits per heavy atom. The predicted octanol–water partition coefficient (Wildman–Crippen LogP) is 4.35. The zero-order valence-corrected chi connectivity index (χ0v) is 21.5. The molecule has 1 atom stereocenters. The molecule has 7 nitrogen and oxygen atoms in total. The molecule has 3 aromatic rings. The Hall–Kier alpha value is -3.43. The van der Waals surface area contributed by atoms with Crippen LogP contribution < -0.4 is 10.9 Å². The Labute approximate surface area is 213 Å². The predicted molar refractivity (Wildman–Crippen MR) is 144 cm³/mol. The van der Waals surface area contributed by atoms with Crippen LogP contribution in [0.1, 0.15) is 25.1 Å². The van der Waals surface area contributed by atoms with Crippen LogP contribution in [0, 0.1) is 12.8 Å². The molecule has 4 rings (SSSR count). The Kier molecular flexibility index (Phi) is 7.09. The number of amides is 2. The molecule has 1 fully saturated rings. The van der Waals surface area contributed by atoms with Gasteiger partial charge in [-0.1, -0.05) is 86.4 Å². The molecule has 0 spiro atoms. The van der Waals surface area contributed by atoms with E-state index in [0.29, 0.717) is 20.6 Å². The third kappa shape index (κ3) is 4.74. The molecule has 1 aliphatic heterocycles. The van der Waals surface area contributed by atoms with Crippen molar-refractivity contribution < 1.29 is 9.59 Å². The second kappa shape index (κ2) is 10.1. The zero-order chi connectivity index (χ0) is 25.3. The lowest BCUT2D eigenvalue weighted by atomic mass is 10.0. The van der Waals surface area contributed by atoms with Gasteiger partial charge in [0.2, 0.25) is 5.91 Å². The number of aromatic nitrogens is 2. The molecule has 0 aliphatic carbocycles. The van der Waals surface area contributed by atoms with E-state index < -0.39 is 11.9 Å². The quantitative estimate of drug-likeness (QED) is 0.397. The van der Waals surface area contributed by atoms with E-state index in [4.69, 9.17) is 12.2 Å². The van der Waals surface area contributed by atoms with Crippen molar-refractivity contribution in [3.63, 3.8) is 0 Å². The Morgan fingerprint density at radius 3 is 2.23 bits per heavy atom. The van der Waals surface area contributed by atoms with E-state index in [1.54, 1.807) is 24.7 Å². The molecule has 2 heterocycles. The van der Waals surface area contributed by atoms with Crippen molar-refractivity contribution in [2.45, 2.75) is 26.8 Å². The number of nitrogens with one attached hydrogen (secondary N) is 1. The number of thioether (sulfide) groups is 1. The SMILES string of the molecule is Cc1c(NC(=O)[C@H](C(C)C)N2C(=O)/C(=C/c3ccccc3)SC2=S)c(=O)n(-c2ccccc2)n1C. The van der Waals surface area contributed by atoms with E-state index in [1.165, 1.54) is 21.3 Å². The molecule has 2 amide bonds. The summed E-state index contributed by atoms with van der Waals surface area (Å²) < 4.78 is 3.51. The zero-order valence-electron chi connectivity index (χ0n) is 19.9. The fourth-order valence-corrected chi connectivity index (χ4v) is 5.38. The lowest BCUT2D eigenvalue weighted by molar-refractivity contribution is -0.131. The van der Waals surface area contributed by atoms with Crippen LogP contribution in [0.15, 0.2) is 70.4 Å². The first-order chi connectivity index (χ1) is 16.7. The first-order valence-electron chi connectivity index (χ1n) is 11.2. The third-order valence-corrected chi connectivity index (χ3v) is 7.23. The van der Waals surface area contributed by atoms with Crippen molar-refractivity contribution >= 4 is 51.9 Å². The minimum atomic E-state index is -0.867. The summed E-state index contributed by atoms with van der Waals surface area (Å²) in [5.74, 6) is -1.01. The molecule has 1 aromatic heterocycles. The standard InChI is InChI=1S/C26H26N4O3S2/c1-16(2)22(29-24(32)20(35-26(29)34)15-18-11-7-5-8-12-18)23(31)27-21-17(3)28(4)30(25(21)33)19-13-9-6-10-14-19/h5-16,22H,1-4H3,(H,27,31)/b20-15-/t22-/m0/s1. The van der Waals surface area contributed by atoms with Gasteiger partial charge in [-0.3, -0.25) is 24.0 Å². The number of carbonyl (C=O) groups is 2. The van der Waals surface area contributed by atoms with Gasteiger partial charge in [0.1, 0.15) is 16.0 Å². The maximum absolute atomic E-state index is 13.5. The average molecular weight is 507 g/mol. The van der Waals surface area contributed by atoms with Gasteiger partial charge in [0.25, 0.3) is 11.5 Å². The summed E-state index contributed by atoms with van der Waals surface area (Å²) in [6, 6.07) is 17.8. The van der Waals surface area contributed by atoms with Crippen LogP contribution in [0.5, 0.6) is 0 Å². The molecule has 0 radical (unpaired) electrons. The van der Waals surface area contributed by atoms with E-state index in [1.807, 2.05) is 74.5 Å². The fraction of sp³-hybridized carbons (Fsp3) is 0.231. The Morgan fingerprint density at radius 2 is 1.63 bits per heavy atom. The number of para-hydroxylation sites is 1. The summed E-state index contributed by atoms with van der Waals surface area (Å²) in [7, 11) is 1.76. The molecule has 1 aliphatic rings. The highest BCUT2D eigenvalue weighted by atomic mass is 32.2. The van der Waals surface area contributed by atoms with Gasteiger partial charge in [0.05, 0.1) is 16.3 Å². The number of nitrogens with zero attached hydrogens (tertiary/aromatic N) is 3. The van der Waals surface area contributed by atoms with Crippen molar-refractivity contribution in [2.24, 2.45) is 13.0 Å². The van der Waals surface area contributed by atoms with Crippen molar-refractivity contribution in [1.29, 1.82) is 0 Å². The molecule has 35 heavy (non-hydrogen) atoms. The van der Waals surface area contributed by atoms with Crippen LogP contribution in [-0.4, -0.2) is 36.4 Å². The molecule has 180 valence electrons. The van der Waals surface area contributed by atoms with Gasteiger partial charge in [0, 0.05) is 7.05 Å². The molecular formula is C26H26N4O3S2. The Bertz CT molecular complexity index is 1370. The minimum Gasteiger partial charge on any atom is -0.318 e. The third-order valence-electron chi connectivity index (χ3n) is 5.90. The van der Waals surface area contributed by atoms with Gasteiger partial charge >= 0.3 is 0 Å². The van der Waals surface area contributed by atoms with Crippen LogP contribution in [0.2, 0.25) is 0 Å². The summed E-state index contributed by atoms with van der Waals surface area (Å²) in [5, 5.41) is 2.80. The van der Waals surface area contributed by atoms with Gasteiger partial charge in [-0.05, 0) is 36.6 Å². The van der Waals surface area contributed by atoms with E-state index in [9.17, 15) is 14.4 Å². The molecule has 1 N–H and O–H groups in total. The van der Waals surface area contributed by atoms with Gasteiger partial charge < -0.3 is 5.32 Å². The van der Waals surface area contributed by atoms with E-state index in [-0.39, 0.29) is 23.1 Å². The van der Waals surface area contributed by atoms with E-state index in [0.717, 1.165) is 5.56 Å². The molecule has 2 aromatic carbocycles. The van der Waals surface area contributed by atoms with Crippen LogP contribution in [0.3, 0.4) is 0 Å². The number of hydrogen-bond donors (Lipinski definition) is 1. The number of thiocarbonyl (C=S) groups is 1. The van der Waals surface area contributed by atoms with Crippen molar-refractivity contribution in [1.82, 2.24) is 14.3 Å². The number of rotatable bonds is 6. The maximum atomic E-state index is 13.5. The summed E-state index contributed by atoms with van der Waals surface area (Å²) in [6.45, 7) is 5.47. The number of anilines is 1. The second-order valence-corrected chi connectivity index (χ2v) is 10.3. The highest BCUT2D eigenvalue weighted by Crippen LogP contribution is 2.35. The van der Waals surface area contributed by atoms with Crippen molar-refractivity contribution in [2.75, 3.05) is 5.32 Å². The minimum absolute atomic E-state index is 0.178. The summed E-state index contributed by atoms with van der Waals surface area (Å²) >= 11 is 6.68. The summed E-state index contributed by atoms with van der Waals surface area (Å²) in [5.41, 5.74) is 2.00. The summed E-state index contributed by atoms with van der Waals surface area (Å²) in [4.78, 5) is 41.9. The summed E-state index contributed by atoms with van der Waals surface area (Å²) in [6.07, 6.45) is 1.77. The molecule has 1 saturated heterocycles. The van der Waals surface area contributed by atoms with Crippen LogP contribution in [0.25, 0.3) is 11.8 Å². The molecule has 0 bridgehead atoms. The van der Waals surface area contributed by atoms with Gasteiger partial charge in [-0.2, -0.15) is 0 Å². The first kappa shape index (κ1) is 24.7. The Balaban J connectivity index is 1.65. The highest BCUT2D eigenvalue weighted by molar-refractivity contribution is 8.26. The van der Waals surface area contributed by atoms with Crippen LogP contribution in [0.4, 0.5) is 5.69 Å². The molecule has 0 unspecified atom stereocenters. The lowest BCUT2D eigenvalue weighted by Crippen LogP contribution is -2.49. The maximum Gasteiger partial charge on any atom is 0.295 e. The highest BCUT2D eigenvalue weighted by Gasteiger charge is 2.42. The van der Waals surface area contributed by atoms with Crippen LogP contribution >= 0.6 is 24.0 Å². The van der Waals surface area contributed by atoms with Crippen molar-refractivity contribution in [3.8, 4) is 5.69 Å². The average Bonchev–Trinajstić information content (AvgIpc) is 3.22. The fourth-order valence-electron chi connectivity index (χ4n) is 4.05. The van der Waals surface area contributed by atoms with Crippen LogP contribution in [-0.2, 0) is 16.6 Å². The number of carbonyl (C=O) groups excluding carboxylic acids is 2. The number of hydrogen-bond acceptors (Lipinski definition) is 5. The monoisotopic (exact) mass is 506 g/mol. The largest absolute Gasteiger partial charge is 0.318 e. The van der Waals surface area contributed by atoms with Gasteiger partial charge in [-0.15, -0.1) is 0 Å². The molecule has 0 saturated carbocycles. The smallest absolute Gasteiger partial charge is 0.295 e. The lowest BCUT2D eigenvalue weighted by Gasteiger charge is -2.28. The number of benzene rings is 2. The van der Waals surface area contributed by atoms with Crippen molar-refractivity contribution in [3.05, 3.63) is 87.2 Å². The second-order valence-electron chi connectivity index (χ2n) is 8.58. The van der Waals surface area contributed by atoms with Gasteiger partial charge in [-0.25, -0.2) is 4.68 Å². The molecular weight excluding hydrogens is 480 g/mol. The normalized spacial score (nSPS) is 15.8. The topological polar surface area (TPSA) is 76.3 Å². The van der Waals surface area contributed by atoms with E-state index >= 15 is 0 Å².